The molecule has 0 atom stereocenters. The molecule has 0 aliphatic heterocycles. The number of anilines is 1. The van der Waals surface area contributed by atoms with E-state index >= 15 is 0 Å². The summed E-state index contributed by atoms with van der Waals surface area (Å²) in [5, 5.41) is 2.76. The highest BCUT2D eigenvalue weighted by molar-refractivity contribution is 6.13. The van der Waals surface area contributed by atoms with Crippen LogP contribution in [0.5, 0.6) is 0 Å². The number of nitrogens with one attached hydrogen (secondary N) is 1. The average Bonchev–Trinajstić information content (AvgIpc) is 3.28. The van der Waals surface area contributed by atoms with Crippen molar-refractivity contribution in [3.8, 4) is 11.3 Å². The fourth-order valence-corrected chi connectivity index (χ4v) is 2.76. The van der Waals surface area contributed by atoms with E-state index in [2.05, 4.69) is 5.32 Å². The molecule has 0 saturated carbocycles. The van der Waals surface area contributed by atoms with Gasteiger partial charge >= 0.3 is 0 Å². The molecule has 4 rings (SSSR count). The van der Waals surface area contributed by atoms with Crippen LogP contribution in [0.2, 0.25) is 0 Å². The third-order valence-corrected chi connectivity index (χ3v) is 4.00. The van der Waals surface area contributed by atoms with Crippen molar-refractivity contribution < 1.29 is 22.8 Å². The lowest BCUT2D eigenvalue weighted by atomic mass is 10.2. The number of amides is 2. The van der Waals surface area contributed by atoms with Crippen molar-refractivity contribution in [1.82, 2.24) is 0 Å². The van der Waals surface area contributed by atoms with Gasteiger partial charge in [-0.2, -0.15) is 0 Å². The summed E-state index contributed by atoms with van der Waals surface area (Å²) in [6, 6.07) is 16.1. The topological polar surface area (TPSA) is 98.5 Å². The SMILES string of the molecule is NC(=O)c1oc2ccc(F)cc2c1NC(=O)c1ccc(-c2ccccc2)o1. The minimum Gasteiger partial charge on any atom is -0.451 e. The highest BCUT2D eigenvalue weighted by atomic mass is 19.1. The van der Waals surface area contributed by atoms with Crippen LogP contribution in [0.15, 0.2) is 69.5 Å². The smallest absolute Gasteiger partial charge is 0.291 e. The lowest BCUT2D eigenvalue weighted by Gasteiger charge is -2.03. The fraction of sp³-hybridized carbons (Fsp3) is 0. The van der Waals surface area contributed by atoms with Gasteiger partial charge in [0.05, 0.1) is 0 Å². The van der Waals surface area contributed by atoms with Gasteiger partial charge in [-0.1, -0.05) is 30.3 Å². The highest BCUT2D eigenvalue weighted by Gasteiger charge is 2.22. The second-order valence-electron chi connectivity index (χ2n) is 5.79. The monoisotopic (exact) mass is 364 g/mol. The molecule has 2 aromatic carbocycles. The van der Waals surface area contributed by atoms with E-state index in [-0.39, 0.29) is 28.2 Å². The Kier molecular flexibility index (Phi) is 3.97. The van der Waals surface area contributed by atoms with E-state index in [4.69, 9.17) is 14.6 Å². The zero-order valence-corrected chi connectivity index (χ0v) is 13.9. The standard InChI is InChI=1S/C20H13FN2O4/c21-12-6-7-15-13(10-12)17(18(27-15)19(22)24)23-20(25)16-9-8-14(26-16)11-4-2-1-3-5-11/h1-10H,(H2,22,24)(H,23,25). The van der Waals surface area contributed by atoms with Gasteiger partial charge in [-0.15, -0.1) is 0 Å². The summed E-state index contributed by atoms with van der Waals surface area (Å²) in [6.07, 6.45) is 0. The Hall–Kier alpha value is -3.87. The van der Waals surface area contributed by atoms with Crippen molar-refractivity contribution in [3.63, 3.8) is 0 Å². The third-order valence-electron chi connectivity index (χ3n) is 4.00. The van der Waals surface area contributed by atoms with Gasteiger partial charge in [0.1, 0.15) is 22.8 Å². The second kappa shape index (κ2) is 6.45. The zero-order valence-electron chi connectivity index (χ0n) is 13.9. The number of benzene rings is 2. The Labute approximate surface area is 152 Å². The Balaban J connectivity index is 1.69. The maximum Gasteiger partial charge on any atom is 0.291 e. The number of halogens is 1. The van der Waals surface area contributed by atoms with Gasteiger partial charge in [0.15, 0.2) is 5.76 Å². The molecule has 3 N–H and O–H groups in total. The molecule has 0 bridgehead atoms. The Morgan fingerprint density at radius 1 is 0.963 bits per heavy atom. The summed E-state index contributed by atoms with van der Waals surface area (Å²) < 4.78 is 24.5. The molecule has 0 aliphatic carbocycles. The largest absolute Gasteiger partial charge is 0.451 e. The predicted octanol–water partition coefficient (Wildman–Crippen LogP) is 4.18. The van der Waals surface area contributed by atoms with Gasteiger partial charge < -0.3 is 19.9 Å². The average molecular weight is 364 g/mol. The molecule has 7 heteroatoms. The third kappa shape index (κ3) is 3.06. The molecule has 0 radical (unpaired) electrons. The first-order valence-electron chi connectivity index (χ1n) is 8.01. The van der Waals surface area contributed by atoms with Crippen LogP contribution in [0, 0.1) is 5.82 Å². The number of hydrogen-bond acceptors (Lipinski definition) is 4. The zero-order chi connectivity index (χ0) is 19.0. The van der Waals surface area contributed by atoms with Crippen LogP contribution in [0.4, 0.5) is 10.1 Å². The molecule has 0 saturated heterocycles. The number of nitrogens with two attached hydrogens (primary N) is 1. The van der Waals surface area contributed by atoms with Crippen LogP contribution in [-0.2, 0) is 0 Å². The second-order valence-corrected chi connectivity index (χ2v) is 5.79. The predicted molar refractivity (Wildman–Crippen MR) is 96.8 cm³/mol. The molecular weight excluding hydrogens is 351 g/mol. The van der Waals surface area contributed by atoms with Crippen molar-refractivity contribution >= 4 is 28.5 Å². The maximum atomic E-state index is 13.6. The van der Waals surface area contributed by atoms with Crippen molar-refractivity contribution in [2.45, 2.75) is 0 Å². The first-order valence-corrected chi connectivity index (χ1v) is 8.01. The maximum absolute atomic E-state index is 13.6. The van der Waals surface area contributed by atoms with Gasteiger partial charge in [-0.05, 0) is 30.3 Å². The number of fused-ring (bicyclic) bond motifs is 1. The first-order chi connectivity index (χ1) is 13.0. The van der Waals surface area contributed by atoms with Crippen molar-refractivity contribution in [2.24, 2.45) is 5.73 Å². The van der Waals surface area contributed by atoms with E-state index < -0.39 is 17.6 Å². The molecule has 6 nitrogen and oxygen atoms in total. The molecule has 27 heavy (non-hydrogen) atoms. The quantitative estimate of drug-likeness (QED) is 0.567. The molecule has 0 fully saturated rings. The minimum absolute atomic E-state index is 0.000314. The summed E-state index contributed by atoms with van der Waals surface area (Å²) >= 11 is 0. The highest BCUT2D eigenvalue weighted by Crippen LogP contribution is 2.32. The molecule has 0 aliphatic rings. The summed E-state index contributed by atoms with van der Waals surface area (Å²) in [6.45, 7) is 0. The Morgan fingerprint density at radius 2 is 1.74 bits per heavy atom. The Bertz CT molecular complexity index is 1160. The Morgan fingerprint density at radius 3 is 2.48 bits per heavy atom. The van der Waals surface area contributed by atoms with E-state index in [9.17, 15) is 14.0 Å². The van der Waals surface area contributed by atoms with Gasteiger partial charge in [-0.3, -0.25) is 9.59 Å². The molecule has 2 amide bonds. The fourth-order valence-electron chi connectivity index (χ4n) is 2.76. The van der Waals surface area contributed by atoms with E-state index in [1.807, 2.05) is 30.3 Å². The van der Waals surface area contributed by atoms with E-state index in [0.717, 1.165) is 11.6 Å². The molecule has 4 aromatic rings. The van der Waals surface area contributed by atoms with Gasteiger partial charge in [0.2, 0.25) is 5.76 Å². The number of rotatable bonds is 4. The lowest BCUT2D eigenvalue weighted by Crippen LogP contribution is -2.16. The normalized spacial score (nSPS) is 10.9. The van der Waals surface area contributed by atoms with E-state index in [1.165, 1.54) is 18.2 Å². The van der Waals surface area contributed by atoms with Crippen LogP contribution in [0.3, 0.4) is 0 Å². The molecule has 0 spiro atoms. The van der Waals surface area contributed by atoms with Crippen LogP contribution < -0.4 is 11.1 Å². The van der Waals surface area contributed by atoms with Crippen LogP contribution >= 0.6 is 0 Å². The van der Waals surface area contributed by atoms with Gasteiger partial charge in [-0.25, -0.2) is 4.39 Å². The number of primary amides is 1. The van der Waals surface area contributed by atoms with Crippen LogP contribution in [0.25, 0.3) is 22.3 Å². The number of hydrogen-bond donors (Lipinski definition) is 2. The summed E-state index contributed by atoms with van der Waals surface area (Å²) in [4.78, 5) is 24.2. The van der Waals surface area contributed by atoms with Crippen LogP contribution in [0.1, 0.15) is 21.1 Å². The number of furan rings is 2. The summed E-state index contributed by atoms with van der Waals surface area (Å²) in [5.41, 5.74) is 6.35. The lowest BCUT2D eigenvalue weighted by molar-refractivity contribution is 0.0977. The number of carbonyl (C=O) groups is 2. The minimum atomic E-state index is -0.883. The molecule has 0 unspecified atom stereocenters. The summed E-state index contributed by atoms with van der Waals surface area (Å²) in [5.74, 6) is -1.77. The summed E-state index contributed by atoms with van der Waals surface area (Å²) in [7, 11) is 0. The van der Waals surface area contributed by atoms with Gasteiger partial charge in [0.25, 0.3) is 11.8 Å². The first kappa shape index (κ1) is 16.6. The molecule has 2 aromatic heterocycles. The van der Waals surface area contributed by atoms with Gasteiger partial charge in [0, 0.05) is 10.9 Å². The number of carbonyl (C=O) groups excluding carboxylic acids is 2. The molecular formula is C20H13FN2O4. The van der Waals surface area contributed by atoms with E-state index in [1.54, 1.807) is 6.07 Å². The molecule has 134 valence electrons. The van der Waals surface area contributed by atoms with E-state index in [0.29, 0.717) is 5.76 Å². The van der Waals surface area contributed by atoms with Crippen LogP contribution in [-0.4, -0.2) is 11.8 Å². The van der Waals surface area contributed by atoms with Crippen molar-refractivity contribution in [3.05, 3.63) is 78.0 Å². The molecule has 2 heterocycles. The van der Waals surface area contributed by atoms with Crippen molar-refractivity contribution in [2.75, 3.05) is 5.32 Å². The van der Waals surface area contributed by atoms with Crippen molar-refractivity contribution in [1.29, 1.82) is 0 Å².